The first kappa shape index (κ1) is 12.0. The lowest BCUT2D eigenvalue weighted by Crippen LogP contribution is -2.09. The van der Waals surface area contributed by atoms with Crippen molar-refractivity contribution in [3.63, 3.8) is 0 Å². The van der Waals surface area contributed by atoms with Gasteiger partial charge in [0, 0.05) is 11.0 Å². The smallest absolute Gasteiger partial charge is 0.339 e. The second kappa shape index (κ2) is 5.14. The third-order valence-electron chi connectivity index (χ3n) is 1.54. The van der Waals surface area contributed by atoms with Crippen molar-refractivity contribution in [3.8, 4) is 0 Å². The summed E-state index contributed by atoms with van der Waals surface area (Å²) < 4.78 is 0.695. The van der Waals surface area contributed by atoms with Gasteiger partial charge in [-0.1, -0.05) is 34.1 Å². The summed E-state index contributed by atoms with van der Waals surface area (Å²) in [6.45, 7) is 4.00. The Morgan fingerprint density at radius 2 is 2.33 bits per heavy atom. The Kier molecular flexibility index (Phi) is 4.11. The van der Waals surface area contributed by atoms with Crippen LogP contribution in [0.5, 0.6) is 0 Å². The van der Waals surface area contributed by atoms with E-state index in [9.17, 15) is 4.79 Å². The Morgan fingerprint density at radius 1 is 1.67 bits per heavy atom. The fourth-order valence-corrected chi connectivity index (χ4v) is 1.21. The molecule has 0 saturated carbocycles. The summed E-state index contributed by atoms with van der Waals surface area (Å²) in [7, 11) is 0. The maximum atomic E-state index is 10.8. The van der Waals surface area contributed by atoms with Crippen molar-refractivity contribution in [2.45, 2.75) is 0 Å². The Bertz CT molecular complexity index is 409. The molecule has 0 aliphatic heterocycles. The molecule has 0 fully saturated rings. The lowest BCUT2D eigenvalue weighted by molar-refractivity contribution is 0.0697. The zero-order chi connectivity index (χ0) is 11.4. The molecule has 80 valence electrons. The molecule has 0 amide bonds. The molecule has 0 aliphatic rings. The van der Waals surface area contributed by atoms with Crippen LogP contribution in [0.2, 0.25) is 5.15 Å². The molecule has 1 rings (SSSR count). The molecule has 0 atom stereocenters. The van der Waals surface area contributed by atoms with Gasteiger partial charge in [0.15, 0.2) is 0 Å². The molecule has 0 aliphatic carbocycles. The zero-order valence-electron chi connectivity index (χ0n) is 7.63. The van der Waals surface area contributed by atoms with Gasteiger partial charge in [0.25, 0.3) is 0 Å². The minimum Gasteiger partial charge on any atom is -0.478 e. The molecule has 6 heteroatoms. The standard InChI is InChI=1S/C9H8BrClN2O2/c1-5(10)4-12-8-6(9(14)15)2-3-7(11)13-8/h2-3H,1,4H2,(H,12,13)(H,14,15). The average Bonchev–Trinajstić information content (AvgIpc) is 2.14. The minimum absolute atomic E-state index is 0.0770. The number of carboxylic acids is 1. The molecule has 2 N–H and O–H groups in total. The Morgan fingerprint density at radius 3 is 2.87 bits per heavy atom. The molecule has 1 aromatic heterocycles. The van der Waals surface area contributed by atoms with Gasteiger partial charge in [-0.15, -0.1) is 0 Å². The number of aromatic carboxylic acids is 1. The van der Waals surface area contributed by atoms with Crippen LogP contribution in [0.1, 0.15) is 10.4 Å². The molecule has 0 unspecified atom stereocenters. The van der Waals surface area contributed by atoms with Gasteiger partial charge in [-0.05, 0) is 12.1 Å². The third-order valence-corrected chi connectivity index (χ3v) is 2.03. The molecule has 0 radical (unpaired) electrons. The van der Waals surface area contributed by atoms with Crippen LogP contribution in [0.25, 0.3) is 0 Å². The van der Waals surface area contributed by atoms with Crippen LogP contribution in [0.3, 0.4) is 0 Å². The second-order valence-electron chi connectivity index (χ2n) is 2.71. The maximum Gasteiger partial charge on any atom is 0.339 e. The van der Waals surface area contributed by atoms with Gasteiger partial charge < -0.3 is 10.4 Å². The molecule has 0 bridgehead atoms. The van der Waals surface area contributed by atoms with E-state index >= 15 is 0 Å². The monoisotopic (exact) mass is 290 g/mol. The van der Waals surface area contributed by atoms with Crippen LogP contribution >= 0.6 is 27.5 Å². The molecule has 0 saturated heterocycles. The molecule has 15 heavy (non-hydrogen) atoms. The third kappa shape index (κ3) is 3.53. The summed E-state index contributed by atoms with van der Waals surface area (Å²) >= 11 is 8.81. The second-order valence-corrected chi connectivity index (χ2v) is 4.21. The van der Waals surface area contributed by atoms with E-state index in [-0.39, 0.29) is 16.5 Å². The van der Waals surface area contributed by atoms with E-state index in [0.717, 1.165) is 0 Å². The first-order valence-electron chi connectivity index (χ1n) is 3.97. The highest BCUT2D eigenvalue weighted by Gasteiger charge is 2.11. The highest BCUT2D eigenvalue weighted by atomic mass is 79.9. The van der Waals surface area contributed by atoms with Crippen LogP contribution < -0.4 is 5.32 Å². The molecule has 4 nitrogen and oxygen atoms in total. The molecular formula is C9H8BrClN2O2. The van der Waals surface area contributed by atoms with Gasteiger partial charge in [0.2, 0.25) is 0 Å². The maximum absolute atomic E-state index is 10.8. The highest BCUT2D eigenvalue weighted by molar-refractivity contribution is 9.11. The highest BCUT2D eigenvalue weighted by Crippen LogP contribution is 2.17. The first-order chi connectivity index (χ1) is 7.00. The summed E-state index contributed by atoms with van der Waals surface area (Å²) in [6, 6.07) is 2.83. The number of hydrogen-bond acceptors (Lipinski definition) is 3. The van der Waals surface area contributed by atoms with Crippen LogP contribution in [-0.2, 0) is 0 Å². The van der Waals surface area contributed by atoms with E-state index in [1.807, 2.05) is 0 Å². The fraction of sp³-hybridized carbons (Fsp3) is 0.111. The normalized spacial score (nSPS) is 9.73. The van der Waals surface area contributed by atoms with Crippen molar-refractivity contribution in [2.24, 2.45) is 0 Å². The summed E-state index contributed by atoms with van der Waals surface area (Å²) in [6.07, 6.45) is 0. The van der Waals surface area contributed by atoms with E-state index < -0.39 is 5.97 Å². The predicted molar refractivity (Wildman–Crippen MR) is 62.8 cm³/mol. The lowest BCUT2D eigenvalue weighted by Gasteiger charge is -2.07. The van der Waals surface area contributed by atoms with Crippen molar-refractivity contribution in [1.29, 1.82) is 0 Å². The number of hydrogen-bond donors (Lipinski definition) is 2. The van der Waals surface area contributed by atoms with Gasteiger partial charge in [-0.3, -0.25) is 0 Å². The van der Waals surface area contributed by atoms with Crippen LogP contribution in [-0.4, -0.2) is 22.6 Å². The molecule has 0 aromatic carbocycles. The number of carbonyl (C=O) groups is 1. The minimum atomic E-state index is -1.05. The molecule has 1 heterocycles. The number of rotatable bonds is 4. The number of anilines is 1. The SMILES string of the molecule is C=C(Br)CNc1nc(Cl)ccc1C(=O)O. The largest absolute Gasteiger partial charge is 0.478 e. The quantitative estimate of drug-likeness (QED) is 0.837. The molecule has 0 spiro atoms. The first-order valence-corrected chi connectivity index (χ1v) is 5.15. The van der Waals surface area contributed by atoms with E-state index in [0.29, 0.717) is 11.0 Å². The summed E-state index contributed by atoms with van der Waals surface area (Å²) in [5.74, 6) is -0.822. The number of carboxylic acid groups (broad SMARTS) is 1. The summed E-state index contributed by atoms with van der Waals surface area (Å²) in [4.78, 5) is 14.7. The van der Waals surface area contributed by atoms with Crippen LogP contribution in [0.4, 0.5) is 5.82 Å². The Balaban J connectivity index is 2.96. The number of aromatic nitrogens is 1. The lowest BCUT2D eigenvalue weighted by atomic mass is 10.2. The van der Waals surface area contributed by atoms with Gasteiger partial charge in [-0.2, -0.15) is 0 Å². The van der Waals surface area contributed by atoms with Gasteiger partial charge in [0.1, 0.15) is 16.5 Å². The van der Waals surface area contributed by atoms with Gasteiger partial charge >= 0.3 is 5.97 Å². The number of halogens is 2. The zero-order valence-corrected chi connectivity index (χ0v) is 9.97. The Hall–Kier alpha value is -1.07. The predicted octanol–water partition coefficient (Wildman–Crippen LogP) is 2.75. The van der Waals surface area contributed by atoms with E-state index in [1.165, 1.54) is 12.1 Å². The van der Waals surface area contributed by atoms with E-state index in [4.69, 9.17) is 16.7 Å². The van der Waals surface area contributed by atoms with Crippen molar-refractivity contribution < 1.29 is 9.90 Å². The number of pyridine rings is 1. The fourth-order valence-electron chi connectivity index (χ4n) is 0.922. The molecular weight excluding hydrogens is 283 g/mol. The van der Waals surface area contributed by atoms with Crippen molar-refractivity contribution in [3.05, 3.63) is 33.9 Å². The van der Waals surface area contributed by atoms with E-state index in [2.05, 4.69) is 32.8 Å². The van der Waals surface area contributed by atoms with Gasteiger partial charge in [0.05, 0.1) is 0 Å². The van der Waals surface area contributed by atoms with E-state index in [1.54, 1.807) is 0 Å². The number of nitrogens with zero attached hydrogens (tertiary/aromatic N) is 1. The average molecular weight is 292 g/mol. The Labute approximate surface area is 100 Å². The van der Waals surface area contributed by atoms with Crippen LogP contribution in [0, 0.1) is 0 Å². The van der Waals surface area contributed by atoms with Crippen molar-refractivity contribution >= 4 is 39.3 Å². The van der Waals surface area contributed by atoms with Gasteiger partial charge in [-0.25, -0.2) is 9.78 Å². The van der Waals surface area contributed by atoms with Crippen molar-refractivity contribution in [2.75, 3.05) is 11.9 Å². The van der Waals surface area contributed by atoms with Crippen molar-refractivity contribution in [1.82, 2.24) is 4.98 Å². The topological polar surface area (TPSA) is 62.2 Å². The number of nitrogens with one attached hydrogen (secondary N) is 1. The summed E-state index contributed by atoms with van der Waals surface area (Å²) in [5, 5.41) is 11.9. The van der Waals surface area contributed by atoms with Crippen LogP contribution in [0.15, 0.2) is 23.2 Å². The summed E-state index contributed by atoms with van der Waals surface area (Å²) in [5.41, 5.74) is 0.0770. The molecule has 1 aromatic rings.